The third-order valence-corrected chi connectivity index (χ3v) is 3.96. The second-order valence-electron chi connectivity index (χ2n) is 5.75. The summed E-state index contributed by atoms with van der Waals surface area (Å²) in [6.45, 7) is 1.25. The minimum Gasteiger partial charge on any atom is -0.454 e. The molecule has 0 saturated carbocycles. The Morgan fingerprint density at radius 2 is 2.00 bits per heavy atom. The van der Waals surface area contributed by atoms with Gasteiger partial charge in [0, 0.05) is 44.0 Å². The molecule has 0 spiro atoms. The molecular formula is C19H17N5O3. The van der Waals surface area contributed by atoms with Crippen LogP contribution in [0.25, 0.3) is 17.7 Å². The normalized spacial score (nSPS) is 12.4. The van der Waals surface area contributed by atoms with Crippen LogP contribution in [0.2, 0.25) is 0 Å². The Morgan fingerprint density at radius 1 is 1.15 bits per heavy atom. The van der Waals surface area contributed by atoms with Gasteiger partial charge in [-0.2, -0.15) is 0 Å². The number of hydrogen-bond acceptors (Lipinski definition) is 6. The van der Waals surface area contributed by atoms with Crippen LogP contribution in [-0.4, -0.2) is 38.8 Å². The SMILES string of the molecule is O=C(/C=C/c1ccc2c(c1)OCO2)NCCn1ccnc1-c1ncccn1. The second kappa shape index (κ2) is 7.69. The predicted molar refractivity (Wildman–Crippen MR) is 97.9 cm³/mol. The zero-order chi connectivity index (χ0) is 18.5. The van der Waals surface area contributed by atoms with Gasteiger partial charge in [-0.15, -0.1) is 0 Å². The van der Waals surface area contributed by atoms with Gasteiger partial charge in [-0.25, -0.2) is 15.0 Å². The summed E-state index contributed by atoms with van der Waals surface area (Å²) in [4.78, 5) is 24.7. The summed E-state index contributed by atoms with van der Waals surface area (Å²) in [5.74, 6) is 2.45. The molecule has 0 atom stereocenters. The summed E-state index contributed by atoms with van der Waals surface area (Å²) in [6, 6.07) is 7.29. The molecule has 136 valence electrons. The zero-order valence-corrected chi connectivity index (χ0v) is 14.4. The lowest BCUT2D eigenvalue weighted by atomic mass is 10.2. The number of ether oxygens (including phenoxy) is 2. The van der Waals surface area contributed by atoms with E-state index in [1.54, 1.807) is 30.7 Å². The first kappa shape index (κ1) is 16.8. The summed E-state index contributed by atoms with van der Waals surface area (Å²) >= 11 is 0. The van der Waals surface area contributed by atoms with Crippen molar-refractivity contribution in [1.82, 2.24) is 24.8 Å². The molecule has 0 radical (unpaired) electrons. The molecule has 0 saturated heterocycles. The van der Waals surface area contributed by atoms with Gasteiger partial charge in [-0.05, 0) is 29.8 Å². The smallest absolute Gasteiger partial charge is 0.244 e. The van der Waals surface area contributed by atoms with Gasteiger partial charge in [0.2, 0.25) is 12.7 Å². The van der Waals surface area contributed by atoms with Crippen molar-refractivity contribution in [2.24, 2.45) is 0 Å². The number of amides is 1. The van der Waals surface area contributed by atoms with Crippen LogP contribution in [-0.2, 0) is 11.3 Å². The molecule has 27 heavy (non-hydrogen) atoms. The Kier molecular flexibility index (Phi) is 4.78. The first-order valence-corrected chi connectivity index (χ1v) is 8.44. The van der Waals surface area contributed by atoms with Crippen molar-refractivity contribution >= 4 is 12.0 Å². The maximum Gasteiger partial charge on any atom is 0.244 e. The lowest BCUT2D eigenvalue weighted by Gasteiger charge is -2.07. The number of hydrogen-bond donors (Lipinski definition) is 1. The molecule has 1 aliphatic heterocycles. The largest absolute Gasteiger partial charge is 0.454 e. The Bertz CT molecular complexity index is 968. The maximum absolute atomic E-state index is 12.0. The van der Waals surface area contributed by atoms with Gasteiger partial charge in [0.05, 0.1) is 0 Å². The highest BCUT2D eigenvalue weighted by molar-refractivity contribution is 5.91. The fourth-order valence-corrected chi connectivity index (χ4v) is 2.66. The molecule has 1 aromatic carbocycles. The minimum absolute atomic E-state index is 0.176. The highest BCUT2D eigenvalue weighted by atomic mass is 16.7. The van der Waals surface area contributed by atoms with Crippen molar-refractivity contribution in [3.05, 3.63) is 60.7 Å². The van der Waals surface area contributed by atoms with Gasteiger partial charge < -0.3 is 19.4 Å². The van der Waals surface area contributed by atoms with E-state index in [0.29, 0.717) is 30.5 Å². The van der Waals surface area contributed by atoms with Gasteiger partial charge >= 0.3 is 0 Å². The average molecular weight is 363 g/mol. The van der Waals surface area contributed by atoms with Crippen LogP contribution in [0.1, 0.15) is 5.56 Å². The highest BCUT2D eigenvalue weighted by Crippen LogP contribution is 2.32. The number of imidazole rings is 1. The quantitative estimate of drug-likeness (QED) is 0.673. The topological polar surface area (TPSA) is 91.2 Å². The second-order valence-corrected chi connectivity index (χ2v) is 5.75. The van der Waals surface area contributed by atoms with Crippen molar-refractivity contribution < 1.29 is 14.3 Å². The lowest BCUT2D eigenvalue weighted by molar-refractivity contribution is -0.116. The molecule has 8 heteroatoms. The first-order valence-electron chi connectivity index (χ1n) is 8.44. The number of aromatic nitrogens is 4. The number of nitrogens with zero attached hydrogens (tertiary/aromatic N) is 4. The molecule has 8 nitrogen and oxygen atoms in total. The Balaban J connectivity index is 1.31. The summed E-state index contributed by atoms with van der Waals surface area (Å²) in [6.07, 6.45) is 10.1. The van der Waals surface area contributed by atoms with Gasteiger partial charge in [0.25, 0.3) is 0 Å². The third-order valence-electron chi connectivity index (χ3n) is 3.96. The number of carbonyl (C=O) groups excluding carboxylic acids is 1. The standard InChI is InChI=1S/C19H17N5O3/c25-17(5-3-14-2-4-15-16(12-14)27-13-26-15)20-8-10-24-11-9-23-19(24)18-21-6-1-7-22-18/h1-7,9,11-12H,8,10,13H2,(H,20,25)/b5-3+. The minimum atomic E-state index is -0.176. The van der Waals surface area contributed by atoms with Gasteiger partial charge in [-0.3, -0.25) is 4.79 Å². The van der Waals surface area contributed by atoms with E-state index < -0.39 is 0 Å². The zero-order valence-electron chi connectivity index (χ0n) is 14.4. The van der Waals surface area contributed by atoms with Crippen molar-refractivity contribution in [1.29, 1.82) is 0 Å². The fraction of sp³-hybridized carbons (Fsp3) is 0.158. The number of benzene rings is 1. The highest BCUT2D eigenvalue weighted by Gasteiger charge is 2.12. The number of nitrogens with one attached hydrogen (secondary N) is 1. The molecule has 0 unspecified atom stereocenters. The summed E-state index contributed by atoms with van der Waals surface area (Å²) in [5, 5.41) is 2.85. The first-order chi connectivity index (χ1) is 13.3. The Morgan fingerprint density at radius 3 is 2.89 bits per heavy atom. The molecule has 1 N–H and O–H groups in total. The average Bonchev–Trinajstić information content (AvgIpc) is 3.36. The Hall–Kier alpha value is -3.68. The number of fused-ring (bicyclic) bond motifs is 1. The van der Waals surface area contributed by atoms with E-state index in [2.05, 4.69) is 20.3 Å². The van der Waals surface area contributed by atoms with Crippen molar-refractivity contribution in [3.8, 4) is 23.1 Å². The van der Waals surface area contributed by atoms with Crippen LogP contribution in [0, 0.1) is 0 Å². The Labute approximate surface area is 155 Å². The van der Waals surface area contributed by atoms with E-state index in [9.17, 15) is 4.79 Å². The van der Waals surface area contributed by atoms with Crippen LogP contribution in [0.3, 0.4) is 0 Å². The molecule has 1 aliphatic rings. The number of carbonyl (C=O) groups is 1. The van der Waals surface area contributed by atoms with Crippen LogP contribution in [0.5, 0.6) is 11.5 Å². The van der Waals surface area contributed by atoms with E-state index in [1.165, 1.54) is 6.08 Å². The summed E-state index contributed by atoms with van der Waals surface area (Å²) in [5.41, 5.74) is 0.868. The summed E-state index contributed by atoms with van der Waals surface area (Å²) < 4.78 is 12.5. The molecule has 0 fully saturated rings. The molecule has 3 aromatic rings. The van der Waals surface area contributed by atoms with Crippen LogP contribution >= 0.6 is 0 Å². The molecular weight excluding hydrogens is 346 g/mol. The van der Waals surface area contributed by atoms with E-state index in [-0.39, 0.29) is 12.7 Å². The summed E-state index contributed by atoms with van der Waals surface area (Å²) in [7, 11) is 0. The lowest BCUT2D eigenvalue weighted by Crippen LogP contribution is -2.25. The van der Waals surface area contributed by atoms with E-state index >= 15 is 0 Å². The van der Waals surface area contributed by atoms with Crippen LogP contribution < -0.4 is 14.8 Å². The molecule has 0 aliphatic carbocycles. The van der Waals surface area contributed by atoms with E-state index in [4.69, 9.17) is 9.47 Å². The van der Waals surface area contributed by atoms with E-state index in [1.807, 2.05) is 29.0 Å². The van der Waals surface area contributed by atoms with Crippen molar-refractivity contribution in [2.45, 2.75) is 6.54 Å². The molecule has 3 heterocycles. The van der Waals surface area contributed by atoms with E-state index in [0.717, 1.165) is 11.3 Å². The molecule has 4 rings (SSSR count). The fourth-order valence-electron chi connectivity index (χ4n) is 2.66. The monoisotopic (exact) mass is 363 g/mol. The van der Waals surface area contributed by atoms with Crippen LogP contribution in [0.15, 0.2) is 55.1 Å². The van der Waals surface area contributed by atoms with Crippen molar-refractivity contribution in [3.63, 3.8) is 0 Å². The van der Waals surface area contributed by atoms with Gasteiger partial charge in [0.1, 0.15) is 0 Å². The third kappa shape index (κ3) is 3.95. The van der Waals surface area contributed by atoms with Gasteiger partial charge in [-0.1, -0.05) is 6.07 Å². The molecule has 0 bridgehead atoms. The predicted octanol–water partition coefficient (Wildman–Crippen LogP) is 1.90. The molecule has 1 amide bonds. The van der Waals surface area contributed by atoms with Gasteiger partial charge in [0.15, 0.2) is 23.1 Å². The van der Waals surface area contributed by atoms with Crippen molar-refractivity contribution in [2.75, 3.05) is 13.3 Å². The maximum atomic E-state index is 12.0. The van der Waals surface area contributed by atoms with Crippen LogP contribution in [0.4, 0.5) is 0 Å². The molecule has 2 aromatic heterocycles. The number of rotatable bonds is 6.